The maximum absolute atomic E-state index is 14.1. The van der Waals surface area contributed by atoms with E-state index in [2.05, 4.69) is 10.6 Å². The average Bonchev–Trinajstić information content (AvgIpc) is 3.37. The van der Waals surface area contributed by atoms with Gasteiger partial charge in [0.15, 0.2) is 5.78 Å². The third-order valence-electron chi connectivity index (χ3n) is 7.40. The molecular weight excluding hydrogens is 576 g/mol. The number of hydrogen-bond acceptors (Lipinski definition) is 7. The Labute approximate surface area is 262 Å². The number of likely N-dealkylation sites (tertiary alicyclic amines) is 1. The lowest BCUT2D eigenvalue weighted by Gasteiger charge is -2.30. The summed E-state index contributed by atoms with van der Waals surface area (Å²) in [4.78, 5) is 56.4. The molecule has 3 amide bonds. The van der Waals surface area contributed by atoms with Gasteiger partial charge in [0.25, 0.3) is 0 Å². The Kier molecular flexibility index (Phi) is 11.6. The van der Waals surface area contributed by atoms with Gasteiger partial charge in [0, 0.05) is 30.7 Å². The van der Waals surface area contributed by atoms with E-state index >= 15 is 0 Å². The second-order valence-electron chi connectivity index (χ2n) is 11.4. The highest BCUT2D eigenvalue weighted by atomic mass is 32.2. The number of amides is 3. The summed E-state index contributed by atoms with van der Waals surface area (Å²) >= 11 is 1.32. The van der Waals surface area contributed by atoms with E-state index in [9.17, 15) is 24.3 Å². The predicted molar refractivity (Wildman–Crippen MR) is 171 cm³/mol. The van der Waals surface area contributed by atoms with Crippen LogP contribution in [0.1, 0.15) is 37.8 Å². The van der Waals surface area contributed by atoms with Crippen molar-refractivity contribution in [3.63, 3.8) is 0 Å². The van der Waals surface area contributed by atoms with Gasteiger partial charge in [-0.3, -0.25) is 19.2 Å². The lowest BCUT2D eigenvalue weighted by Crippen LogP contribution is -2.57. The largest absolute Gasteiger partial charge is 0.508 e. The Balaban J connectivity index is 1.59. The van der Waals surface area contributed by atoms with Crippen LogP contribution in [0, 0.1) is 5.92 Å². The monoisotopic (exact) mass is 616 g/mol. The number of rotatable bonds is 13. The molecule has 232 valence electrons. The van der Waals surface area contributed by atoms with Gasteiger partial charge >= 0.3 is 0 Å². The van der Waals surface area contributed by atoms with Gasteiger partial charge in [-0.2, -0.15) is 0 Å². The van der Waals surface area contributed by atoms with E-state index in [4.69, 9.17) is 5.73 Å². The number of ketones is 1. The summed E-state index contributed by atoms with van der Waals surface area (Å²) < 4.78 is 0. The molecule has 4 rings (SSSR count). The standard InChI is InChI=1S/C34H40N4O5S/c1-22(2)19-27(35)31(41)36-28(20-24-13-15-25(39)16-14-24)32(42)37-29(21-23-9-5-3-6-10-23)33(43)38-18-17-30(40)34(38)44-26-11-7-4-8-12-26/h3-16,22,27-29,34,39H,17-21,35H2,1-2H3,(H,36,41)(H,37,42)/t27-,28-,29-,34?/m0/s1. The van der Waals surface area contributed by atoms with Crippen LogP contribution in [0.5, 0.6) is 5.75 Å². The summed E-state index contributed by atoms with van der Waals surface area (Å²) in [6.45, 7) is 4.17. The number of nitrogens with zero attached hydrogens (tertiary/aromatic N) is 1. The third kappa shape index (κ3) is 9.17. The Bertz CT molecular complexity index is 1420. The molecule has 0 bridgehead atoms. The van der Waals surface area contributed by atoms with Crippen LogP contribution in [0.2, 0.25) is 0 Å². The Morgan fingerprint density at radius 2 is 1.43 bits per heavy atom. The van der Waals surface area contributed by atoms with Crippen LogP contribution in [-0.2, 0) is 32.0 Å². The van der Waals surface area contributed by atoms with Crippen molar-refractivity contribution in [2.75, 3.05) is 6.54 Å². The second-order valence-corrected chi connectivity index (χ2v) is 12.6. The SMILES string of the molecule is CC(C)C[C@H](N)C(=O)N[C@@H](Cc1ccc(O)cc1)C(=O)N[C@@H](Cc1ccccc1)C(=O)N1CCC(=O)C1Sc1ccccc1. The lowest BCUT2D eigenvalue weighted by atomic mass is 10.0. The molecule has 44 heavy (non-hydrogen) atoms. The Morgan fingerprint density at radius 3 is 2.07 bits per heavy atom. The number of nitrogens with one attached hydrogen (secondary N) is 2. The van der Waals surface area contributed by atoms with Gasteiger partial charge in [0.2, 0.25) is 17.7 Å². The first-order valence-electron chi connectivity index (χ1n) is 14.8. The summed E-state index contributed by atoms with van der Waals surface area (Å²) in [6, 6.07) is 22.3. The zero-order valence-electron chi connectivity index (χ0n) is 25.0. The minimum Gasteiger partial charge on any atom is -0.508 e. The van der Waals surface area contributed by atoms with Crippen LogP contribution in [0.15, 0.2) is 89.8 Å². The van der Waals surface area contributed by atoms with Crippen molar-refractivity contribution in [3.05, 3.63) is 96.1 Å². The molecule has 10 heteroatoms. The zero-order chi connectivity index (χ0) is 31.6. The zero-order valence-corrected chi connectivity index (χ0v) is 25.8. The second kappa shape index (κ2) is 15.5. The van der Waals surface area contributed by atoms with E-state index in [-0.39, 0.29) is 49.2 Å². The lowest BCUT2D eigenvalue weighted by molar-refractivity contribution is -0.138. The number of carbonyl (C=O) groups is 4. The smallest absolute Gasteiger partial charge is 0.246 e. The fourth-order valence-corrected chi connectivity index (χ4v) is 6.28. The molecule has 3 aromatic carbocycles. The van der Waals surface area contributed by atoms with Gasteiger partial charge in [0.1, 0.15) is 23.2 Å². The molecule has 1 saturated heterocycles. The molecule has 4 atom stereocenters. The maximum Gasteiger partial charge on any atom is 0.246 e. The van der Waals surface area contributed by atoms with Crippen molar-refractivity contribution in [2.45, 2.75) is 67.9 Å². The molecule has 5 N–H and O–H groups in total. The number of hydrogen-bond donors (Lipinski definition) is 4. The van der Waals surface area contributed by atoms with Crippen molar-refractivity contribution in [3.8, 4) is 5.75 Å². The van der Waals surface area contributed by atoms with Gasteiger partial charge in [-0.15, -0.1) is 0 Å². The summed E-state index contributed by atoms with van der Waals surface area (Å²) in [5, 5.41) is 14.7. The van der Waals surface area contributed by atoms with Crippen LogP contribution in [0.4, 0.5) is 0 Å². The minimum absolute atomic E-state index is 0.0476. The molecule has 9 nitrogen and oxygen atoms in total. The van der Waals surface area contributed by atoms with Gasteiger partial charge < -0.3 is 26.4 Å². The molecule has 1 aliphatic rings. The van der Waals surface area contributed by atoms with E-state index in [0.29, 0.717) is 12.0 Å². The number of Topliss-reactive ketones (excluding diaryl/α,β-unsaturated/α-hetero) is 1. The number of phenols is 1. The van der Waals surface area contributed by atoms with E-state index < -0.39 is 35.3 Å². The van der Waals surface area contributed by atoms with Crippen molar-refractivity contribution in [2.24, 2.45) is 11.7 Å². The van der Waals surface area contributed by atoms with Crippen molar-refractivity contribution in [1.29, 1.82) is 0 Å². The molecule has 1 fully saturated rings. The quantitative estimate of drug-likeness (QED) is 0.231. The predicted octanol–water partition coefficient (Wildman–Crippen LogP) is 3.44. The van der Waals surface area contributed by atoms with Crippen LogP contribution < -0.4 is 16.4 Å². The molecule has 0 aromatic heterocycles. The van der Waals surface area contributed by atoms with E-state index in [1.807, 2.05) is 74.5 Å². The molecule has 1 heterocycles. The summed E-state index contributed by atoms with van der Waals surface area (Å²) in [5.41, 5.74) is 7.67. The van der Waals surface area contributed by atoms with Gasteiger partial charge in [-0.1, -0.05) is 86.3 Å². The number of aromatic hydroxyl groups is 1. The Morgan fingerprint density at radius 1 is 0.864 bits per heavy atom. The van der Waals surface area contributed by atoms with Crippen molar-refractivity contribution < 1.29 is 24.3 Å². The fraction of sp³-hybridized carbons (Fsp3) is 0.353. The molecular formula is C34H40N4O5S. The highest BCUT2D eigenvalue weighted by molar-refractivity contribution is 8.00. The molecule has 1 aliphatic heterocycles. The number of nitrogens with two attached hydrogens (primary N) is 1. The Hall–Kier alpha value is -4.15. The molecule has 3 aromatic rings. The molecule has 1 unspecified atom stereocenters. The summed E-state index contributed by atoms with van der Waals surface area (Å²) in [5.74, 6) is -1.17. The van der Waals surface area contributed by atoms with Crippen LogP contribution in [0.3, 0.4) is 0 Å². The van der Waals surface area contributed by atoms with E-state index in [0.717, 1.165) is 10.5 Å². The first-order chi connectivity index (χ1) is 21.1. The number of phenolic OH excluding ortho intramolecular Hbond substituents is 1. The highest BCUT2D eigenvalue weighted by Gasteiger charge is 2.40. The van der Waals surface area contributed by atoms with Crippen molar-refractivity contribution in [1.82, 2.24) is 15.5 Å². The first-order valence-corrected chi connectivity index (χ1v) is 15.7. The van der Waals surface area contributed by atoms with Crippen LogP contribution >= 0.6 is 11.8 Å². The van der Waals surface area contributed by atoms with Gasteiger partial charge in [-0.05, 0) is 47.7 Å². The van der Waals surface area contributed by atoms with Crippen LogP contribution in [-0.4, -0.2) is 63.6 Å². The fourth-order valence-electron chi connectivity index (χ4n) is 5.12. The first kappa shape index (κ1) is 32.8. The molecule has 0 radical (unpaired) electrons. The number of carbonyl (C=O) groups excluding carboxylic acids is 4. The van der Waals surface area contributed by atoms with Crippen LogP contribution in [0.25, 0.3) is 0 Å². The molecule has 0 saturated carbocycles. The normalized spacial score (nSPS) is 16.8. The van der Waals surface area contributed by atoms with Gasteiger partial charge in [0.05, 0.1) is 6.04 Å². The highest BCUT2D eigenvalue weighted by Crippen LogP contribution is 2.31. The van der Waals surface area contributed by atoms with E-state index in [1.54, 1.807) is 17.0 Å². The molecule has 0 spiro atoms. The summed E-state index contributed by atoms with van der Waals surface area (Å²) in [6.07, 6.45) is 0.992. The summed E-state index contributed by atoms with van der Waals surface area (Å²) in [7, 11) is 0. The van der Waals surface area contributed by atoms with Gasteiger partial charge in [-0.25, -0.2) is 0 Å². The average molecular weight is 617 g/mol. The maximum atomic E-state index is 14.1. The molecule has 0 aliphatic carbocycles. The number of benzene rings is 3. The number of thioether (sulfide) groups is 1. The van der Waals surface area contributed by atoms with Crippen molar-refractivity contribution >= 4 is 35.3 Å². The third-order valence-corrected chi connectivity index (χ3v) is 8.69. The topological polar surface area (TPSA) is 142 Å². The minimum atomic E-state index is -1.04. The van der Waals surface area contributed by atoms with E-state index in [1.165, 1.54) is 23.9 Å².